The number of allylic oxidation sites excluding steroid dienone is 1. The molecule has 0 amide bonds. The van der Waals surface area contributed by atoms with Crippen LogP contribution in [0.1, 0.15) is 68.1 Å². The van der Waals surface area contributed by atoms with Gasteiger partial charge in [0, 0.05) is 18.8 Å². The predicted octanol–water partition coefficient (Wildman–Crippen LogP) is 5.34. The Kier molecular flexibility index (Phi) is 7.42. The molecule has 0 spiro atoms. The average molecular weight is 342 g/mol. The number of aliphatic carboxylic acids is 1. The Morgan fingerprint density at radius 2 is 1.96 bits per heavy atom. The molecule has 3 heteroatoms. The maximum Gasteiger partial charge on any atom is 0.303 e. The molecule has 0 radical (unpaired) electrons. The highest BCUT2D eigenvalue weighted by Crippen LogP contribution is 2.34. The summed E-state index contributed by atoms with van der Waals surface area (Å²) >= 11 is 0. The second-order valence-electron chi connectivity index (χ2n) is 7.34. The van der Waals surface area contributed by atoms with Crippen molar-refractivity contribution >= 4 is 17.8 Å². The molecule has 0 unspecified atom stereocenters. The predicted molar refractivity (Wildman–Crippen MR) is 102 cm³/mol. The highest BCUT2D eigenvalue weighted by atomic mass is 16.4. The van der Waals surface area contributed by atoms with Gasteiger partial charge >= 0.3 is 5.97 Å². The van der Waals surface area contributed by atoms with Gasteiger partial charge in [-0.05, 0) is 50.2 Å². The molecule has 0 heterocycles. The van der Waals surface area contributed by atoms with E-state index in [1.165, 1.54) is 16.7 Å². The standard InChI is InChI=1S/C22H30O3/c1-16-9-10-17(2)19(15-16)12-11-18-13-14-21(23)20(18)7-5-3-4-6-8-22(24)25/h9-12,15,18,20H,3-8,13-14H2,1-2H3,(H,24,25)/t18-,20+/m1/s1. The zero-order chi connectivity index (χ0) is 18.2. The summed E-state index contributed by atoms with van der Waals surface area (Å²) in [5, 5.41) is 8.65. The second kappa shape index (κ2) is 9.55. The summed E-state index contributed by atoms with van der Waals surface area (Å²) in [4.78, 5) is 22.7. The number of ketones is 1. The molecule has 1 aliphatic rings. The minimum atomic E-state index is -0.720. The Morgan fingerprint density at radius 3 is 2.72 bits per heavy atom. The molecule has 3 nitrogen and oxygen atoms in total. The normalized spacial score (nSPS) is 20.5. The van der Waals surface area contributed by atoms with Crippen LogP contribution in [0.15, 0.2) is 24.3 Å². The fourth-order valence-electron chi connectivity index (χ4n) is 3.70. The molecule has 2 atom stereocenters. The van der Waals surface area contributed by atoms with Crippen LogP contribution in [0.3, 0.4) is 0 Å². The van der Waals surface area contributed by atoms with Crippen molar-refractivity contribution in [3.63, 3.8) is 0 Å². The molecule has 1 fully saturated rings. The Morgan fingerprint density at radius 1 is 1.20 bits per heavy atom. The third-order valence-corrected chi connectivity index (χ3v) is 5.27. The fraction of sp³-hybridized carbons (Fsp3) is 0.545. The monoisotopic (exact) mass is 342 g/mol. The van der Waals surface area contributed by atoms with Crippen LogP contribution in [0.4, 0.5) is 0 Å². The largest absolute Gasteiger partial charge is 0.481 e. The van der Waals surface area contributed by atoms with Gasteiger partial charge in [0.2, 0.25) is 0 Å². The molecule has 25 heavy (non-hydrogen) atoms. The van der Waals surface area contributed by atoms with Crippen LogP contribution in [0.25, 0.3) is 6.08 Å². The number of Topliss-reactive ketones (excluding diaryl/α,β-unsaturated/α-hetero) is 1. The first-order valence-corrected chi connectivity index (χ1v) is 9.47. The minimum absolute atomic E-state index is 0.154. The molecule has 0 saturated heterocycles. The van der Waals surface area contributed by atoms with E-state index in [0.29, 0.717) is 18.1 Å². The lowest BCUT2D eigenvalue weighted by Crippen LogP contribution is -2.13. The number of unbranched alkanes of at least 4 members (excludes halogenated alkanes) is 3. The second-order valence-corrected chi connectivity index (χ2v) is 7.34. The van der Waals surface area contributed by atoms with Gasteiger partial charge in [-0.1, -0.05) is 55.2 Å². The SMILES string of the molecule is Cc1ccc(C)c(C=C[C@@H]2CCC(=O)[C@H]2CCCCCCC(=O)O)c1. The van der Waals surface area contributed by atoms with Crippen molar-refractivity contribution < 1.29 is 14.7 Å². The molecule has 0 aromatic heterocycles. The van der Waals surface area contributed by atoms with Crippen molar-refractivity contribution in [2.24, 2.45) is 11.8 Å². The number of hydrogen-bond acceptors (Lipinski definition) is 2. The number of benzene rings is 1. The van der Waals surface area contributed by atoms with Gasteiger partial charge in [0.1, 0.15) is 5.78 Å². The fourth-order valence-corrected chi connectivity index (χ4v) is 3.70. The molecule has 2 rings (SSSR count). The maximum atomic E-state index is 12.2. The number of aryl methyl sites for hydroxylation is 2. The molecule has 0 bridgehead atoms. The van der Waals surface area contributed by atoms with E-state index in [2.05, 4.69) is 44.2 Å². The number of hydrogen-bond donors (Lipinski definition) is 1. The smallest absolute Gasteiger partial charge is 0.303 e. The minimum Gasteiger partial charge on any atom is -0.481 e. The van der Waals surface area contributed by atoms with Crippen molar-refractivity contribution in [1.29, 1.82) is 0 Å². The van der Waals surface area contributed by atoms with Crippen LogP contribution < -0.4 is 0 Å². The Balaban J connectivity index is 1.85. The van der Waals surface area contributed by atoms with E-state index >= 15 is 0 Å². The molecule has 136 valence electrons. The van der Waals surface area contributed by atoms with Gasteiger partial charge in [-0.3, -0.25) is 9.59 Å². The van der Waals surface area contributed by atoms with Crippen LogP contribution >= 0.6 is 0 Å². The van der Waals surface area contributed by atoms with Gasteiger partial charge in [0.15, 0.2) is 0 Å². The zero-order valence-corrected chi connectivity index (χ0v) is 15.5. The summed E-state index contributed by atoms with van der Waals surface area (Å²) in [7, 11) is 0. The molecule has 1 aromatic rings. The van der Waals surface area contributed by atoms with E-state index in [-0.39, 0.29) is 12.3 Å². The summed E-state index contributed by atoms with van der Waals surface area (Å²) in [6.45, 7) is 4.22. The summed E-state index contributed by atoms with van der Waals surface area (Å²) in [5.74, 6) is 0.191. The van der Waals surface area contributed by atoms with Crippen molar-refractivity contribution in [3.8, 4) is 0 Å². The summed E-state index contributed by atoms with van der Waals surface area (Å²) < 4.78 is 0. The van der Waals surface area contributed by atoms with Gasteiger partial charge < -0.3 is 5.11 Å². The molecule has 1 aliphatic carbocycles. The van der Waals surface area contributed by atoms with Gasteiger partial charge in [-0.25, -0.2) is 0 Å². The topological polar surface area (TPSA) is 54.4 Å². The summed E-state index contributed by atoms with van der Waals surface area (Å²) in [5.41, 5.74) is 3.76. The first-order chi connectivity index (χ1) is 12.0. The van der Waals surface area contributed by atoms with Crippen molar-refractivity contribution in [1.82, 2.24) is 0 Å². The molecule has 1 aromatic carbocycles. The van der Waals surface area contributed by atoms with E-state index in [0.717, 1.165) is 38.5 Å². The summed E-state index contributed by atoms with van der Waals surface area (Å²) in [6, 6.07) is 6.46. The lowest BCUT2D eigenvalue weighted by Gasteiger charge is -2.15. The lowest BCUT2D eigenvalue weighted by atomic mass is 9.89. The van der Waals surface area contributed by atoms with Crippen LogP contribution in [-0.2, 0) is 9.59 Å². The highest BCUT2D eigenvalue weighted by Gasteiger charge is 2.32. The average Bonchev–Trinajstić information content (AvgIpc) is 2.91. The Labute approximate surface area is 151 Å². The molecule has 0 aliphatic heterocycles. The Bertz CT molecular complexity index is 630. The third kappa shape index (κ3) is 6.15. The van der Waals surface area contributed by atoms with E-state index in [1.807, 2.05) is 0 Å². The number of carbonyl (C=O) groups excluding carboxylic acids is 1. The number of carbonyl (C=O) groups is 2. The molecule has 1 saturated carbocycles. The summed E-state index contributed by atoms with van der Waals surface area (Å²) in [6.07, 6.45) is 11.0. The van der Waals surface area contributed by atoms with E-state index < -0.39 is 5.97 Å². The quantitative estimate of drug-likeness (QED) is 0.617. The Hall–Kier alpha value is -1.90. The van der Waals surface area contributed by atoms with E-state index in [9.17, 15) is 9.59 Å². The van der Waals surface area contributed by atoms with Gasteiger partial charge in [0.25, 0.3) is 0 Å². The lowest BCUT2D eigenvalue weighted by molar-refractivity contribution is -0.137. The number of carboxylic acid groups (broad SMARTS) is 1. The van der Waals surface area contributed by atoms with Crippen LogP contribution in [-0.4, -0.2) is 16.9 Å². The first-order valence-electron chi connectivity index (χ1n) is 9.47. The van der Waals surface area contributed by atoms with Crippen molar-refractivity contribution in [2.75, 3.05) is 0 Å². The van der Waals surface area contributed by atoms with Gasteiger partial charge in [0.05, 0.1) is 0 Å². The van der Waals surface area contributed by atoms with E-state index in [4.69, 9.17) is 5.11 Å². The van der Waals surface area contributed by atoms with Crippen LogP contribution in [0, 0.1) is 25.7 Å². The number of rotatable bonds is 9. The van der Waals surface area contributed by atoms with Crippen molar-refractivity contribution in [2.45, 2.75) is 65.2 Å². The van der Waals surface area contributed by atoms with E-state index in [1.54, 1.807) is 0 Å². The van der Waals surface area contributed by atoms with Crippen molar-refractivity contribution in [3.05, 3.63) is 41.0 Å². The maximum absolute atomic E-state index is 12.2. The molecule has 1 N–H and O–H groups in total. The van der Waals surface area contributed by atoms with Crippen LogP contribution in [0.5, 0.6) is 0 Å². The third-order valence-electron chi connectivity index (χ3n) is 5.27. The van der Waals surface area contributed by atoms with Gasteiger partial charge in [-0.2, -0.15) is 0 Å². The highest BCUT2D eigenvalue weighted by molar-refractivity contribution is 5.84. The first kappa shape index (κ1) is 19.4. The zero-order valence-electron chi connectivity index (χ0n) is 15.5. The van der Waals surface area contributed by atoms with Crippen LogP contribution in [0.2, 0.25) is 0 Å². The molecular formula is C22H30O3. The molecular weight excluding hydrogens is 312 g/mol. The number of carboxylic acids is 1. The van der Waals surface area contributed by atoms with Gasteiger partial charge in [-0.15, -0.1) is 0 Å².